The number of nitrogens with zero attached hydrogens (tertiary/aromatic N) is 2. The molecule has 2 atom stereocenters. The van der Waals surface area contributed by atoms with Crippen LogP contribution in [0.3, 0.4) is 0 Å². The summed E-state index contributed by atoms with van der Waals surface area (Å²) >= 11 is 0. The average Bonchev–Trinajstić information content (AvgIpc) is 3.46. The zero-order valence-corrected chi connectivity index (χ0v) is 16.1. The molecular formula is C24H26N2O2. The van der Waals surface area contributed by atoms with Gasteiger partial charge in [-0.05, 0) is 24.0 Å². The molecular weight excluding hydrogens is 348 g/mol. The second kappa shape index (κ2) is 7.42. The average molecular weight is 374 g/mol. The van der Waals surface area contributed by atoms with Gasteiger partial charge >= 0.3 is 0 Å². The molecule has 4 nitrogen and oxygen atoms in total. The lowest BCUT2D eigenvalue weighted by molar-refractivity contribution is 0.220. The molecule has 2 aromatic rings. The fourth-order valence-corrected chi connectivity index (χ4v) is 4.64. The third-order valence-electron chi connectivity index (χ3n) is 6.20. The van der Waals surface area contributed by atoms with Gasteiger partial charge in [0.05, 0.1) is 0 Å². The first kappa shape index (κ1) is 17.5. The third kappa shape index (κ3) is 3.11. The molecule has 3 aliphatic rings. The molecule has 4 heteroatoms. The van der Waals surface area contributed by atoms with Gasteiger partial charge in [-0.15, -0.1) is 0 Å². The summed E-state index contributed by atoms with van der Waals surface area (Å²) in [6.07, 6.45) is 5.60. The van der Waals surface area contributed by atoms with E-state index in [0.29, 0.717) is 13.2 Å². The van der Waals surface area contributed by atoms with Crippen molar-refractivity contribution in [2.24, 2.45) is 15.4 Å². The fraction of sp³-hybridized carbons (Fsp3) is 0.417. The van der Waals surface area contributed by atoms with Gasteiger partial charge in [0, 0.05) is 0 Å². The Balaban J connectivity index is 1.47. The van der Waals surface area contributed by atoms with E-state index in [1.54, 1.807) is 0 Å². The van der Waals surface area contributed by atoms with E-state index >= 15 is 0 Å². The summed E-state index contributed by atoms with van der Waals surface area (Å²) in [4.78, 5) is 10.1. The first-order valence-electron chi connectivity index (χ1n) is 10.4. The normalized spacial score (nSPS) is 26.1. The molecule has 28 heavy (non-hydrogen) atoms. The first-order valence-corrected chi connectivity index (χ1v) is 10.4. The predicted octanol–water partition coefficient (Wildman–Crippen LogP) is 5.28. The summed E-state index contributed by atoms with van der Waals surface area (Å²) in [7, 11) is 0. The summed E-state index contributed by atoms with van der Waals surface area (Å²) in [6, 6.07) is 21.0. The summed E-state index contributed by atoms with van der Waals surface area (Å²) < 4.78 is 12.4. The molecule has 5 rings (SSSR count). The van der Waals surface area contributed by atoms with Gasteiger partial charge in [0.2, 0.25) is 0 Å². The lowest BCUT2D eigenvalue weighted by Crippen LogP contribution is -2.41. The van der Waals surface area contributed by atoms with E-state index in [-0.39, 0.29) is 17.5 Å². The van der Waals surface area contributed by atoms with Gasteiger partial charge in [0.15, 0.2) is 11.8 Å². The van der Waals surface area contributed by atoms with Gasteiger partial charge < -0.3 is 9.47 Å². The van der Waals surface area contributed by atoms with Gasteiger partial charge in [-0.1, -0.05) is 79.9 Å². The van der Waals surface area contributed by atoms with Crippen molar-refractivity contribution in [3.63, 3.8) is 0 Å². The Morgan fingerprint density at radius 3 is 1.57 bits per heavy atom. The zero-order valence-electron chi connectivity index (χ0n) is 16.1. The molecule has 0 N–H and O–H groups in total. The van der Waals surface area contributed by atoms with Gasteiger partial charge in [-0.2, -0.15) is 0 Å². The molecule has 0 unspecified atom stereocenters. The Morgan fingerprint density at radius 1 is 0.643 bits per heavy atom. The Labute approximate surface area is 166 Å². The van der Waals surface area contributed by atoms with Crippen molar-refractivity contribution >= 4 is 11.8 Å². The highest BCUT2D eigenvalue weighted by molar-refractivity contribution is 6.06. The molecule has 2 aromatic carbocycles. The second-order valence-corrected chi connectivity index (χ2v) is 7.99. The minimum absolute atomic E-state index is 0.0712. The highest BCUT2D eigenvalue weighted by Gasteiger charge is 2.49. The van der Waals surface area contributed by atoms with Crippen molar-refractivity contribution in [3.8, 4) is 0 Å². The maximum Gasteiger partial charge on any atom is 0.200 e. The molecule has 1 aliphatic carbocycles. The molecule has 2 heterocycles. The van der Waals surface area contributed by atoms with E-state index in [9.17, 15) is 0 Å². The van der Waals surface area contributed by atoms with Gasteiger partial charge in [0.25, 0.3) is 0 Å². The number of benzene rings is 2. The smallest absolute Gasteiger partial charge is 0.200 e. The maximum atomic E-state index is 6.21. The van der Waals surface area contributed by atoms with Crippen molar-refractivity contribution in [1.29, 1.82) is 0 Å². The molecule has 0 saturated heterocycles. The van der Waals surface area contributed by atoms with Crippen LogP contribution in [0.2, 0.25) is 0 Å². The number of aliphatic imine (C=N–C) groups is 2. The van der Waals surface area contributed by atoms with Crippen LogP contribution in [0.25, 0.3) is 0 Å². The Hall–Kier alpha value is -2.62. The second-order valence-electron chi connectivity index (χ2n) is 7.99. The van der Waals surface area contributed by atoms with Gasteiger partial charge in [-0.3, -0.25) is 0 Å². The quantitative estimate of drug-likeness (QED) is 0.731. The number of hydrogen-bond donors (Lipinski definition) is 0. The summed E-state index contributed by atoms with van der Waals surface area (Å²) in [6.45, 7) is 1.22. The fourth-order valence-electron chi connectivity index (χ4n) is 4.64. The van der Waals surface area contributed by atoms with Gasteiger partial charge in [0.1, 0.15) is 30.7 Å². The maximum absolute atomic E-state index is 6.21. The third-order valence-corrected chi connectivity index (χ3v) is 6.20. The number of rotatable bonds is 4. The van der Waals surface area contributed by atoms with Crippen molar-refractivity contribution < 1.29 is 9.47 Å². The number of ether oxygens (including phenoxy) is 2. The lowest BCUT2D eigenvalue weighted by atomic mass is 9.73. The van der Waals surface area contributed by atoms with Crippen LogP contribution in [0.1, 0.15) is 55.3 Å². The van der Waals surface area contributed by atoms with Crippen LogP contribution in [0, 0.1) is 5.41 Å². The molecule has 144 valence electrons. The Morgan fingerprint density at radius 2 is 1.11 bits per heavy atom. The van der Waals surface area contributed by atoms with E-state index in [2.05, 4.69) is 48.5 Å². The van der Waals surface area contributed by atoms with Crippen molar-refractivity contribution in [2.45, 2.75) is 44.2 Å². The van der Waals surface area contributed by atoms with Crippen molar-refractivity contribution in [3.05, 3.63) is 71.8 Å². The van der Waals surface area contributed by atoms with E-state index in [4.69, 9.17) is 19.5 Å². The molecule has 0 spiro atoms. The van der Waals surface area contributed by atoms with Crippen LogP contribution in [-0.2, 0) is 9.47 Å². The van der Waals surface area contributed by atoms with Crippen LogP contribution in [0.5, 0.6) is 0 Å². The largest absolute Gasteiger partial charge is 0.478 e. The first-order chi connectivity index (χ1) is 13.9. The lowest BCUT2D eigenvalue weighted by Gasteiger charge is -2.35. The number of hydrogen-bond acceptors (Lipinski definition) is 4. The molecule has 0 radical (unpaired) electrons. The topological polar surface area (TPSA) is 43.2 Å². The standard InChI is InChI=1S/C24H26N2O2/c1-4-10-18(11-5-1)20-16-27-22(25-20)24(14-8-3-9-15-24)23-26-21(17-28-23)19-12-6-2-7-13-19/h1-2,4-7,10-13,20-21H,3,8-9,14-17H2/t20-,21-/m0/s1. The molecule has 1 fully saturated rings. The van der Waals surface area contributed by atoms with E-state index in [1.165, 1.54) is 17.5 Å². The Kier molecular flexibility index (Phi) is 4.63. The zero-order chi connectivity index (χ0) is 18.8. The summed E-state index contributed by atoms with van der Waals surface area (Å²) in [5.41, 5.74) is 2.13. The van der Waals surface area contributed by atoms with Crippen LogP contribution in [-0.4, -0.2) is 25.0 Å². The SMILES string of the molecule is c1ccc([C@@H]2COC(C3(C4=N[C@H](c5ccccc5)CO4)CCCCC3)=N2)cc1. The van der Waals surface area contributed by atoms with Crippen LogP contribution in [0.4, 0.5) is 0 Å². The van der Waals surface area contributed by atoms with E-state index in [1.807, 2.05) is 12.1 Å². The van der Waals surface area contributed by atoms with Crippen LogP contribution in [0.15, 0.2) is 70.6 Å². The molecule has 0 bridgehead atoms. The molecule has 2 aliphatic heterocycles. The predicted molar refractivity (Wildman–Crippen MR) is 111 cm³/mol. The summed E-state index contributed by atoms with van der Waals surface area (Å²) in [5, 5.41) is 0. The minimum atomic E-state index is -0.286. The van der Waals surface area contributed by atoms with E-state index in [0.717, 1.165) is 37.5 Å². The summed E-state index contributed by atoms with van der Waals surface area (Å²) in [5.74, 6) is 1.68. The van der Waals surface area contributed by atoms with Crippen LogP contribution < -0.4 is 0 Å². The van der Waals surface area contributed by atoms with Crippen LogP contribution >= 0.6 is 0 Å². The Bertz CT molecular complexity index is 802. The highest BCUT2D eigenvalue weighted by atomic mass is 16.5. The van der Waals surface area contributed by atoms with E-state index < -0.39 is 0 Å². The highest BCUT2D eigenvalue weighted by Crippen LogP contribution is 2.45. The minimum Gasteiger partial charge on any atom is -0.478 e. The molecule has 1 saturated carbocycles. The van der Waals surface area contributed by atoms with Crippen molar-refractivity contribution in [2.75, 3.05) is 13.2 Å². The molecule has 0 amide bonds. The molecule has 0 aromatic heterocycles. The van der Waals surface area contributed by atoms with Crippen molar-refractivity contribution in [1.82, 2.24) is 0 Å². The van der Waals surface area contributed by atoms with Gasteiger partial charge in [-0.25, -0.2) is 9.98 Å². The monoisotopic (exact) mass is 374 g/mol.